The van der Waals surface area contributed by atoms with Crippen molar-refractivity contribution in [1.82, 2.24) is 19.7 Å². The summed E-state index contributed by atoms with van der Waals surface area (Å²) in [5.41, 5.74) is 0.792. The van der Waals surface area contributed by atoms with Crippen LogP contribution in [0.15, 0.2) is 29.1 Å². The first-order valence-corrected chi connectivity index (χ1v) is 8.24. The third-order valence-electron chi connectivity index (χ3n) is 5.07. The highest BCUT2D eigenvalue weighted by Crippen LogP contribution is 2.31. The van der Waals surface area contributed by atoms with Crippen LogP contribution in [0.25, 0.3) is 0 Å². The highest BCUT2D eigenvalue weighted by atomic mass is 16.5. The number of carbonyl (C=O) groups excluding carboxylic acids is 1. The van der Waals surface area contributed by atoms with E-state index >= 15 is 0 Å². The molecular formula is C17H20N4O3. The molecule has 2 aromatic rings. The van der Waals surface area contributed by atoms with Crippen molar-refractivity contribution < 1.29 is 9.53 Å². The molecule has 4 rings (SSSR count). The van der Waals surface area contributed by atoms with E-state index in [4.69, 9.17) is 4.74 Å². The molecule has 7 heteroatoms. The monoisotopic (exact) mass is 328 g/mol. The van der Waals surface area contributed by atoms with E-state index in [2.05, 4.69) is 10.2 Å². The summed E-state index contributed by atoms with van der Waals surface area (Å²) in [4.78, 5) is 26.7. The number of aromatic nitrogens is 3. The zero-order valence-corrected chi connectivity index (χ0v) is 13.6. The molecule has 1 N–H and O–H groups in total. The van der Waals surface area contributed by atoms with Gasteiger partial charge in [0.2, 0.25) is 5.91 Å². The van der Waals surface area contributed by atoms with Crippen LogP contribution >= 0.6 is 0 Å². The van der Waals surface area contributed by atoms with Crippen LogP contribution in [-0.4, -0.2) is 44.8 Å². The molecular weight excluding hydrogens is 308 g/mol. The van der Waals surface area contributed by atoms with Crippen molar-refractivity contribution in [2.45, 2.75) is 44.3 Å². The van der Waals surface area contributed by atoms with E-state index in [1.165, 1.54) is 0 Å². The number of aromatic amines is 1. The number of fused-ring (bicyclic) bond motifs is 3. The number of rotatable bonds is 3. The van der Waals surface area contributed by atoms with Gasteiger partial charge in [-0.1, -0.05) is 12.1 Å². The smallest absolute Gasteiger partial charge is 0.343 e. The number of hydrogen-bond donors (Lipinski definition) is 1. The van der Waals surface area contributed by atoms with Crippen molar-refractivity contribution in [1.29, 1.82) is 0 Å². The highest BCUT2D eigenvalue weighted by molar-refractivity contribution is 5.80. The van der Waals surface area contributed by atoms with Gasteiger partial charge in [0.1, 0.15) is 11.6 Å². The number of nitrogens with one attached hydrogen (secondary N) is 1. The topological polar surface area (TPSA) is 80.2 Å². The van der Waals surface area contributed by atoms with Gasteiger partial charge in [0.05, 0.1) is 19.6 Å². The van der Waals surface area contributed by atoms with Gasteiger partial charge in [-0.2, -0.15) is 5.10 Å². The van der Waals surface area contributed by atoms with E-state index in [-0.39, 0.29) is 23.7 Å². The number of carbonyl (C=O) groups is 1. The second-order valence-electron chi connectivity index (χ2n) is 6.47. The van der Waals surface area contributed by atoms with Gasteiger partial charge < -0.3 is 9.64 Å². The van der Waals surface area contributed by atoms with E-state index < -0.39 is 0 Å². The number of H-pyrrole nitrogens is 1. The highest BCUT2D eigenvalue weighted by Gasteiger charge is 2.40. The summed E-state index contributed by atoms with van der Waals surface area (Å²) in [7, 11) is 1.63. The average Bonchev–Trinajstić information content (AvgIpc) is 3.07. The van der Waals surface area contributed by atoms with Gasteiger partial charge in [0.25, 0.3) is 0 Å². The van der Waals surface area contributed by atoms with Gasteiger partial charge in [-0.05, 0) is 30.5 Å². The number of ether oxygens (including phenoxy) is 1. The van der Waals surface area contributed by atoms with Crippen LogP contribution in [0.4, 0.5) is 0 Å². The summed E-state index contributed by atoms with van der Waals surface area (Å²) in [5.74, 6) is 1.66. The molecule has 7 nitrogen and oxygen atoms in total. The SMILES string of the molecule is COc1ccc(CC(=O)N2[C@@H]3CC[C@H]2Cc2n[nH]c(=O)n2C3)cc1. The lowest BCUT2D eigenvalue weighted by molar-refractivity contribution is -0.133. The third-order valence-corrected chi connectivity index (χ3v) is 5.07. The largest absolute Gasteiger partial charge is 0.497 e. The maximum absolute atomic E-state index is 12.9. The van der Waals surface area contributed by atoms with Gasteiger partial charge in [-0.25, -0.2) is 9.89 Å². The Hall–Kier alpha value is -2.57. The molecule has 0 unspecified atom stereocenters. The quantitative estimate of drug-likeness (QED) is 0.901. The maximum Gasteiger partial charge on any atom is 0.343 e. The lowest BCUT2D eigenvalue weighted by Gasteiger charge is -2.28. The second kappa shape index (κ2) is 5.81. The minimum Gasteiger partial charge on any atom is -0.497 e. The Balaban J connectivity index is 1.53. The fraction of sp³-hybridized carbons (Fsp3) is 0.471. The minimum atomic E-state index is -0.180. The molecule has 126 valence electrons. The fourth-order valence-corrected chi connectivity index (χ4v) is 3.87. The summed E-state index contributed by atoms with van der Waals surface area (Å²) in [5, 5.41) is 6.62. The molecule has 0 radical (unpaired) electrons. The Kier molecular flexibility index (Phi) is 3.63. The molecule has 0 saturated carbocycles. The van der Waals surface area contributed by atoms with E-state index in [0.717, 1.165) is 30.0 Å². The molecule has 0 spiro atoms. The summed E-state index contributed by atoms with van der Waals surface area (Å²) < 4.78 is 6.83. The number of amides is 1. The number of nitrogens with zero attached hydrogens (tertiary/aromatic N) is 3. The molecule has 2 aliphatic rings. The van der Waals surface area contributed by atoms with E-state index in [0.29, 0.717) is 19.4 Å². The Bertz CT molecular complexity index is 808. The van der Waals surface area contributed by atoms with Crippen LogP contribution in [0.2, 0.25) is 0 Å². The molecule has 1 aromatic heterocycles. The molecule has 2 atom stereocenters. The molecule has 2 aliphatic heterocycles. The van der Waals surface area contributed by atoms with Crippen molar-refractivity contribution in [2.75, 3.05) is 7.11 Å². The Labute approximate surface area is 139 Å². The van der Waals surface area contributed by atoms with Gasteiger partial charge in [0, 0.05) is 19.0 Å². The summed E-state index contributed by atoms with van der Waals surface area (Å²) in [6, 6.07) is 7.80. The zero-order chi connectivity index (χ0) is 16.7. The first-order valence-electron chi connectivity index (χ1n) is 8.24. The molecule has 1 aromatic carbocycles. The van der Waals surface area contributed by atoms with Crippen molar-refractivity contribution in [2.24, 2.45) is 0 Å². The second-order valence-corrected chi connectivity index (χ2v) is 6.47. The molecule has 0 aliphatic carbocycles. The number of methoxy groups -OCH3 is 1. The lowest BCUT2D eigenvalue weighted by Crippen LogP contribution is -2.43. The van der Waals surface area contributed by atoms with Crippen LogP contribution < -0.4 is 10.4 Å². The van der Waals surface area contributed by atoms with Crippen molar-refractivity contribution >= 4 is 5.91 Å². The Morgan fingerprint density at radius 1 is 1.29 bits per heavy atom. The molecule has 1 fully saturated rings. The molecule has 3 heterocycles. The fourth-order valence-electron chi connectivity index (χ4n) is 3.87. The molecule has 2 bridgehead atoms. The Morgan fingerprint density at radius 2 is 2.04 bits per heavy atom. The van der Waals surface area contributed by atoms with Gasteiger partial charge in [0.15, 0.2) is 0 Å². The van der Waals surface area contributed by atoms with Gasteiger partial charge >= 0.3 is 5.69 Å². The lowest BCUT2D eigenvalue weighted by atomic mass is 10.1. The Morgan fingerprint density at radius 3 is 2.79 bits per heavy atom. The van der Waals surface area contributed by atoms with Crippen molar-refractivity contribution in [3.63, 3.8) is 0 Å². The van der Waals surface area contributed by atoms with Crippen LogP contribution in [0.3, 0.4) is 0 Å². The van der Waals surface area contributed by atoms with Crippen LogP contribution in [0.5, 0.6) is 5.75 Å². The van der Waals surface area contributed by atoms with Crippen LogP contribution in [-0.2, 0) is 24.2 Å². The van der Waals surface area contributed by atoms with E-state index in [1.807, 2.05) is 29.2 Å². The summed E-state index contributed by atoms with van der Waals surface area (Å²) >= 11 is 0. The zero-order valence-electron chi connectivity index (χ0n) is 13.6. The third kappa shape index (κ3) is 2.50. The predicted octanol–water partition coefficient (Wildman–Crippen LogP) is 0.738. The standard InChI is InChI=1S/C17H20N4O3/c1-24-14-6-2-11(3-7-14)8-16(22)21-12-4-5-13(21)10-20-15(9-12)18-19-17(20)23/h2-3,6-7,12-13H,4-5,8-10H2,1H3,(H,19,23)/t12-,13+/m0/s1. The van der Waals surface area contributed by atoms with Crippen LogP contribution in [0.1, 0.15) is 24.2 Å². The minimum absolute atomic E-state index is 0.0808. The summed E-state index contributed by atoms with van der Waals surface area (Å²) in [6.07, 6.45) is 2.93. The maximum atomic E-state index is 12.9. The van der Waals surface area contributed by atoms with Gasteiger partial charge in [-0.3, -0.25) is 9.36 Å². The van der Waals surface area contributed by atoms with Crippen molar-refractivity contribution in [3.05, 3.63) is 46.1 Å². The first-order chi connectivity index (χ1) is 11.7. The first kappa shape index (κ1) is 15.0. The molecule has 1 saturated heterocycles. The predicted molar refractivity (Wildman–Crippen MR) is 86.9 cm³/mol. The average molecular weight is 328 g/mol. The normalized spacial score (nSPS) is 22.1. The van der Waals surface area contributed by atoms with Gasteiger partial charge in [-0.15, -0.1) is 0 Å². The molecule has 24 heavy (non-hydrogen) atoms. The summed E-state index contributed by atoms with van der Waals surface area (Å²) in [6.45, 7) is 0.537. The van der Waals surface area contributed by atoms with Crippen LogP contribution in [0, 0.1) is 0 Å². The molecule has 1 amide bonds. The van der Waals surface area contributed by atoms with E-state index in [1.54, 1.807) is 11.7 Å². The van der Waals surface area contributed by atoms with E-state index in [9.17, 15) is 9.59 Å². The number of hydrogen-bond acceptors (Lipinski definition) is 4. The number of benzene rings is 1. The van der Waals surface area contributed by atoms with Crippen molar-refractivity contribution in [3.8, 4) is 5.75 Å².